The molecule has 1 aromatic rings. The van der Waals surface area contributed by atoms with Gasteiger partial charge in [0.15, 0.2) is 0 Å². The van der Waals surface area contributed by atoms with Gasteiger partial charge in [-0.25, -0.2) is 0 Å². The minimum atomic E-state index is 0.433. The predicted molar refractivity (Wildman–Crippen MR) is 85.3 cm³/mol. The first kappa shape index (κ1) is 15.4. The number of nitrogens with one attached hydrogen (secondary N) is 1. The molecule has 0 saturated heterocycles. The summed E-state index contributed by atoms with van der Waals surface area (Å²) in [6.07, 6.45) is 4.78. The summed E-state index contributed by atoms with van der Waals surface area (Å²) < 4.78 is 5.96. The molecule has 20 heavy (non-hydrogen) atoms. The van der Waals surface area contributed by atoms with E-state index in [1.165, 1.54) is 30.4 Å². The van der Waals surface area contributed by atoms with Gasteiger partial charge >= 0.3 is 0 Å². The molecule has 2 heteroatoms. The zero-order valence-corrected chi connectivity index (χ0v) is 13.4. The summed E-state index contributed by atoms with van der Waals surface area (Å²) in [5.74, 6) is 1.87. The summed E-state index contributed by atoms with van der Waals surface area (Å²) in [5.41, 5.74) is 2.60. The van der Waals surface area contributed by atoms with Crippen molar-refractivity contribution in [2.24, 2.45) is 5.92 Å². The van der Waals surface area contributed by atoms with Gasteiger partial charge in [0.1, 0.15) is 5.75 Å². The van der Waals surface area contributed by atoms with Crippen LogP contribution in [0.15, 0.2) is 18.2 Å². The Morgan fingerprint density at radius 1 is 1.30 bits per heavy atom. The molecule has 0 amide bonds. The van der Waals surface area contributed by atoms with Gasteiger partial charge in [0.25, 0.3) is 0 Å². The second-order valence-electron chi connectivity index (χ2n) is 6.07. The fraction of sp³-hybridized carbons (Fsp3) is 0.667. The normalized spacial score (nSPS) is 20.1. The second-order valence-corrected chi connectivity index (χ2v) is 6.07. The smallest absolute Gasteiger partial charge is 0.126 e. The summed E-state index contributed by atoms with van der Waals surface area (Å²) in [4.78, 5) is 0. The van der Waals surface area contributed by atoms with Gasteiger partial charge in [-0.15, -0.1) is 0 Å². The molecular formula is C18H29NO. The molecule has 1 aromatic carbocycles. The Labute approximate surface area is 123 Å². The van der Waals surface area contributed by atoms with Gasteiger partial charge in [0.2, 0.25) is 0 Å². The van der Waals surface area contributed by atoms with Crippen molar-refractivity contribution in [1.29, 1.82) is 0 Å². The lowest BCUT2D eigenvalue weighted by Crippen LogP contribution is -2.36. The molecule has 1 heterocycles. The summed E-state index contributed by atoms with van der Waals surface area (Å²) in [6, 6.07) is 7.51. The minimum absolute atomic E-state index is 0.433. The molecule has 1 aliphatic heterocycles. The van der Waals surface area contributed by atoms with Crippen molar-refractivity contribution >= 4 is 0 Å². The molecule has 2 nitrogen and oxygen atoms in total. The Hall–Kier alpha value is -1.02. The number of aryl methyl sites for hydroxylation is 1. The number of hydrogen-bond donors (Lipinski definition) is 1. The molecule has 2 atom stereocenters. The molecule has 1 aliphatic rings. The van der Waals surface area contributed by atoms with Crippen LogP contribution in [0.25, 0.3) is 0 Å². The molecule has 2 rings (SSSR count). The number of fused-ring (bicyclic) bond motifs is 1. The fourth-order valence-corrected chi connectivity index (χ4v) is 3.39. The third kappa shape index (κ3) is 3.35. The molecule has 0 aromatic heterocycles. The van der Waals surface area contributed by atoms with E-state index in [0.29, 0.717) is 12.1 Å². The largest absolute Gasteiger partial charge is 0.493 e. The van der Waals surface area contributed by atoms with E-state index in [2.05, 4.69) is 51.2 Å². The lowest BCUT2D eigenvalue weighted by atomic mass is 9.92. The molecule has 1 N–H and O–H groups in total. The molecule has 0 fully saturated rings. The molecule has 2 unspecified atom stereocenters. The highest BCUT2D eigenvalue weighted by Gasteiger charge is 2.24. The van der Waals surface area contributed by atoms with E-state index in [0.717, 1.165) is 24.7 Å². The van der Waals surface area contributed by atoms with Crippen LogP contribution >= 0.6 is 0 Å². The third-order valence-corrected chi connectivity index (χ3v) is 4.72. The standard InChI is InChI=1S/C18H29NO/c1-5-15(6-2)14(4)19-17-11-8-12-20-18-13(3)9-7-10-16(17)18/h7,9-10,14-15,17,19H,5-6,8,11-12H2,1-4H3. The van der Waals surface area contributed by atoms with Crippen LogP contribution in [0.1, 0.15) is 63.6 Å². The average molecular weight is 275 g/mol. The van der Waals surface area contributed by atoms with Crippen molar-refractivity contribution in [3.8, 4) is 5.75 Å². The van der Waals surface area contributed by atoms with E-state index in [1.54, 1.807) is 0 Å². The average Bonchev–Trinajstić information content (AvgIpc) is 2.64. The maximum atomic E-state index is 5.96. The van der Waals surface area contributed by atoms with Gasteiger partial charge in [-0.1, -0.05) is 44.9 Å². The maximum absolute atomic E-state index is 5.96. The van der Waals surface area contributed by atoms with Gasteiger partial charge in [0, 0.05) is 17.6 Å². The van der Waals surface area contributed by atoms with Crippen LogP contribution < -0.4 is 10.1 Å². The van der Waals surface area contributed by atoms with Crippen molar-refractivity contribution in [1.82, 2.24) is 5.32 Å². The number of hydrogen-bond acceptors (Lipinski definition) is 2. The van der Waals surface area contributed by atoms with Crippen LogP contribution in [0, 0.1) is 12.8 Å². The van der Waals surface area contributed by atoms with Crippen LogP contribution in [-0.2, 0) is 0 Å². The molecule has 112 valence electrons. The molecule has 0 aliphatic carbocycles. The summed E-state index contributed by atoms with van der Waals surface area (Å²) >= 11 is 0. The van der Waals surface area contributed by atoms with Crippen molar-refractivity contribution in [3.05, 3.63) is 29.3 Å². The van der Waals surface area contributed by atoms with E-state index < -0.39 is 0 Å². The van der Waals surface area contributed by atoms with Gasteiger partial charge in [0.05, 0.1) is 6.61 Å². The van der Waals surface area contributed by atoms with Crippen molar-refractivity contribution < 1.29 is 4.74 Å². The highest BCUT2D eigenvalue weighted by molar-refractivity contribution is 5.43. The van der Waals surface area contributed by atoms with E-state index in [4.69, 9.17) is 4.74 Å². The van der Waals surface area contributed by atoms with E-state index >= 15 is 0 Å². The lowest BCUT2D eigenvalue weighted by molar-refractivity contribution is 0.302. The summed E-state index contributed by atoms with van der Waals surface area (Å²) in [7, 11) is 0. The second kappa shape index (κ2) is 7.12. The topological polar surface area (TPSA) is 21.3 Å². The zero-order valence-electron chi connectivity index (χ0n) is 13.4. The minimum Gasteiger partial charge on any atom is -0.493 e. The van der Waals surface area contributed by atoms with Gasteiger partial charge in [-0.05, 0) is 38.2 Å². The van der Waals surface area contributed by atoms with Crippen LogP contribution in [0.3, 0.4) is 0 Å². The first-order chi connectivity index (χ1) is 9.67. The monoisotopic (exact) mass is 275 g/mol. The Balaban J connectivity index is 2.18. The van der Waals surface area contributed by atoms with Crippen molar-refractivity contribution in [2.75, 3.05) is 6.61 Å². The highest BCUT2D eigenvalue weighted by Crippen LogP contribution is 2.34. The van der Waals surface area contributed by atoms with E-state index in [-0.39, 0.29) is 0 Å². The maximum Gasteiger partial charge on any atom is 0.126 e. The number of ether oxygens (including phenoxy) is 1. The Kier molecular flexibility index (Phi) is 5.47. The highest BCUT2D eigenvalue weighted by atomic mass is 16.5. The number of benzene rings is 1. The summed E-state index contributed by atoms with van der Waals surface area (Å²) in [6.45, 7) is 9.90. The molecule has 0 bridgehead atoms. The molecular weight excluding hydrogens is 246 g/mol. The van der Waals surface area contributed by atoms with Gasteiger partial charge in [-0.3, -0.25) is 0 Å². The first-order valence-corrected chi connectivity index (χ1v) is 8.15. The van der Waals surface area contributed by atoms with Crippen molar-refractivity contribution in [2.45, 2.75) is 65.5 Å². The number of para-hydroxylation sites is 1. The van der Waals surface area contributed by atoms with Gasteiger partial charge in [-0.2, -0.15) is 0 Å². The SMILES string of the molecule is CCC(CC)C(C)NC1CCCOc2c(C)cccc21. The fourth-order valence-electron chi connectivity index (χ4n) is 3.39. The number of rotatable bonds is 5. The molecule has 0 spiro atoms. The Bertz CT molecular complexity index is 425. The Morgan fingerprint density at radius 3 is 2.75 bits per heavy atom. The van der Waals surface area contributed by atoms with Crippen LogP contribution in [0.2, 0.25) is 0 Å². The van der Waals surface area contributed by atoms with Gasteiger partial charge < -0.3 is 10.1 Å². The van der Waals surface area contributed by atoms with Crippen molar-refractivity contribution in [3.63, 3.8) is 0 Å². The van der Waals surface area contributed by atoms with Crippen LogP contribution in [0.5, 0.6) is 5.75 Å². The molecule has 0 radical (unpaired) electrons. The predicted octanol–water partition coefficient (Wildman–Crippen LogP) is 4.62. The van der Waals surface area contributed by atoms with E-state index in [1.807, 2.05) is 0 Å². The summed E-state index contributed by atoms with van der Waals surface area (Å²) in [5, 5.41) is 3.86. The van der Waals surface area contributed by atoms with E-state index in [9.17, 15) is 0 Å². The quantitative estimate of drug-likeness (QED) is 0.846. The molecule has 0 saturated carbocycles. The van der Waals surface area contributed by atoms with Crippen LogP contribution in [-0.4, -0.2) is 12.6 Å². The van der Waals surface area contributed by atoms with Crippen LogP contribution in [0.4, 0.5) is 0 Å². The first-order valence-electron chi connectivity index (χ1n) is 8.15. The zero-order chi connectivity index (χ0) is 14.5. The Morgan fingerprint density at radius 2 is 2.05 bits per heavy atom. The third-order valence-electron chi connectivity index (χ3n) is 4.72. The lowest BCUT2D eigenvalue weighted by Gasteiger charge is -2.28.